The van der Waals surface area contributed by atoms with E-state index in [-0.39, 0.29) is 11.7 Å². The third-order valence-electron chi connectivity index (χ3n) is 6.66. The van der Waals surface area contributed by atoms with E-state index in [1.807, 2.05) is 24.3 Å². The molecular weight excluding hydrogens is 338 g/mol. The molecule has 3 fully saturated rings. The smallest absolute Gasteiger partial charge is 0.227 e. The van der Waals surface area contributed by atoms with E-state index < -0.39 is 0 Å². The van der Waals surface area contributed by atoms with Crippen molar-refractivity contribution < 1.29 is 9.59 Å². The zero-order chi connectivity index (χ0) is 18.8. The monoisotopic (exact) mass is 369 g/mol. The molecule has 0 radical (unpaired) electrons. The van der Waals surface area contributed by atoms with E-state index in [0.29, 0.717) is 17.9 Å². The number of carbonyl (C=O) groups excluding carboxylic acids is 2. The Labute approximate surface area is 162 Å². The molecule has 0 aromatic heterocycles. The van der Waals surface area contributed by atoms with Crippen LogP contribution in [0, 0.1) is 11.8 Å². The van der Waals surface area contributed by atoms with Gasteiger partial charge in [0.2, 0.25) is 5.91 Å². The summed E-state index contributed by atoms with van der Waals surface area (Å²) in [4.78, 5) is 29.3. The Bertz CT molecular complexity index is 683. The minimum absolute atomic E-state index is 0.0906. The van der Waals surface area contributed by atoms with Crippen LogP contribution in [0.1, 0.15) is 49.4 Å². The topological polar surface area (TPSA) is 52.7 Å². The van der Waals surface area contributed by atoms with Crippen molar-refractivity contribution in [1.29, 1.82) is 0 Å². The van der Waals surface area contributed by atoms with Crippen molar-refractivity contribution in [2.45, 2.75) is 45.1 Å². The lowest BCUT2D eigenvalue weighted by Crippen LogP contribution is -2.51. The van der Waals surface area contributed by atoms with Crippen LogP contribution in [0.2, 0.25) is 0 Å². The molecule has 1 amide bonds. The molecule has 2 heterocycles. The Kier molecular flexibility index (Phi) is 5.48. The van der Waals surface area contributed by atoms with Crippen LogP contribution >= 0.6 is 0 Å². The molecule has 146 valence electrons. The van der Waals surface area contributed by atoms with Gasteiger partial charge in [0.1, 0.15) is 0 Å². The van der Waals surface area contributed by atoms with Gasteiger partial charge in [-0.25, -0.2) is 0 Å². The average molecular weight is 370 g/mol. The second-order valence-electron chi connectivity index (χ2n) is 8.38. The van der Waals surface area contributed by atoms with E-state index >= 15 is 0 Å². The summed E-state index contributed by atoms with van der Waals surface area (Å²) in [5.74, 6) is 1.24. The normalized spacial score (nSPS) is 26.6. The number of hydrogen-bond acceptors (Lipinski definition) is 4. The number of Topliss-reactive ketones (excluding diaryl/α,β-unsaturated/α-hetero) is 1. The highest BCUT2D eigenvalue weighted by Gasteiger charge is 2.39. The number of nitrogens with one attached hydrogen (secondary N) is 1. The molecule has 1 saturated carbocycles. The standard InChI is InChI=1S/C22H31N3O2/c1-16(26)17-6-8-20(9-7-17)24-13-10-19(15-24)22(27)25-12-3-11-23-14-21(25)18-4-2-5-18/h6-9,18-19,21,23H,2-5,10-15H2,1H3. The van der Waals surface area contributed by atoms with E-state index in [9.17, 15) is 9.59 Å². The SMILES string of the molecule is CC(=O)c1ccc(N2CCC(C(=O)N3CCCNCC3C3CCC3)C2)cc1. The lowest BCUT2D eigenvalue weighted by molar-refractivity contribution is -0.138. The zero-order valence-electron chi connectivity index (χ0n) is 16.3. The van der Waals surface area contributed by atoms with Gasteiger partial charge in [-0.2, -0.15) is 0 Å². The fourth-order valence-electron chi connectivity index (χ4n) is 4.76. The van der Waals surface area contributed by atoms with E-state index in [4.69, 9.17) is 0 Å². The summed E-state index contributed by atoms with van der Waals surface area (Å²) in [7, 11) is 0. The highest BCUT2D eigenvalue weighted by Crippen LogP contribution is 2.34. The first kappa shape index (κ1) is 18.5. The fourth-order valence-corrected chi connectivity index (χ4v) is 4.76. The van der Waals surface area contributed by atoms with Gasteiger partial charge in [0.05, 0.1) is 5.92 Å². The molecule has 5 nitrogen and oxygen atoms in total. The van der Waals surface area contributed by atoms with Gasteiger partial charge in [-0.3, -0.25) is 9.59 Å². The molecule has 5 heteroatoms. The first-order valence-corrected chi connectivity index (χ1v) is 10.5. The predicted molar refractivity (Wildman–Crippen MR) is 107 cm³/mol. The van der Waals surface area contributed by atoms with Crippen molar-refractivity contribution in [2.75, 3.05) is 37.6 Å². The number of hydrogen-bond donors (Lipinski definition) is 1. The van der Waals surface area contributed by atoms with Crippen molar-refractivity contribution in [2.24, 2.45) is 11.8 Å². The van der Waals surface area contributed by atoms with Gasteiger partial charge in [0, 0.05) is 43.5 Å². The predicted octanol–water partition coefficient (Wildman–Crippen LogP) is 2.71. The molecule has 1 N–H and O–H groups in total. The molecular formula is C22H31N3O2. The number of nitrogens with zero attached hydrogens (tertiary/aromatic N) is 2. The number of benzene rings is 1. The quantitative estimate of drug-likeness (QED) is 0.829. The fraction of sp³-hybridized carbons (Fsp3) is 0.636. The maximum absolute atomic E-state index is 13.4. The summed E-state index contributed by atoms with van der Waals surface area (Å²) >= 11 is 0. The molecule has 1 aromatic rings. The summed E-state index contributed by atoms with van der Waals surface area (Å²) in [6.45, 7) is 6.17. The van der Waals surface area contributed by atoms with Crippen LogP contribution in [-0.2, 0) is 4.79 Å². The van der Waals surface area contributed by atoms with Crippen LogP contribution < -0.4 is 10.2 Å². The first-order valence-electron chi connectivity index (χ1n) is 10.5. The lowest BCUT2D eigenvalue weighted by Gasteiger charge is -2.41. The van der Waals surface area contributed by atoms with Gasteiger partial charge in [-0.15, -0.1) is 0 Å². The van der Waals surface area contributed by atoms with Crippen molar-refractivity contribution in [1.82, 2.24) is 10.2 Å². The molecule has 2 aliphatic heterocycles. The molecule has 0 bridgehead atoms. The molecule has 27 heavy (non-hydrogen) atoms. The molecule has 0 spiro atoms. The number of amides is 1. The number of ketones is 1. The average Bonchev–Trinajstić information content (AvgIpc) is 3.01. The van der Waals surface area contributed by atoms with Crippen molar-refractivity contribution in [3.05, 3.63) is 29.8 Å². The molecule has 1 aromatic carbocycles. The van der Waals surface area contributed by atoms with Crippen LogP contribution in [0.15, 0.2) is 24.3 Å². The molecule has 2 saturated heterocycles. The summed E-state index contributed by atoms with van der Waals surface area (Å²) in [5, 5.41) is 3.54. The van der Waals surface area contributed by atoms with E-state index in [1.54, 1.807) is 6.92 Å². The van der Waals surface area contributed by atoms with E-state index in [0.717, 1.165) is 56.8 Å². The Morgan fingerprint density at radius 2 is 1.81 bits per heavy atom. The first-order chi connectivity index (χ1) is 13.1. The summed E-state index contributed by atoms with van der Waals surface area (Å²) < 4.78 is 0. The van der Waals surface area contributed by atoms with E-state index in [1.165, 1.54) is 19.3 Å². The summed E-state index contributed by atoms with van der Waals surface area (Å²) in [6.07, 6.45) is 5.84. The van der Waals surface area contributed by atoms with Gasteiger partial charge in [-0.1, -0.05) is 6.42 Å². The minimum Gasteiger partial charge on any atom is -0.371 e. The lowest BCUT2D eigenvalue weighted by atomic mass is 9.78. The van der Waals surface area contributed by atoms with Crippen molar-refractivity contribution >= 4 is 17.4 Å². The highest BCUT2D eigenvalue weighted by atomic mass is 16.2. The van der Waals surface area contributed by atoms with Gasteiger partial charge in [0.15, 0.2) is 5.78 Å². The molecule has 2 unspecified atom stereocenters. The van der Waals surface area contributed by atoms with Crippen LogP contribution in [0.5, 0.6) is 0 Å². The van der Waals surface area contributed by atoms with Crippen LogP contribution in [0.4, 0.5) is 5.69 Å². The maximum Gasteiger partial charge on any atom is 0.227 e. The van der Waals surface area contributed by atoms with Gasteiger partial charge in [0.25, 0.3) is 0 Å². The third kappa shape index (κ3) is 3.88. The van der Waals surface area contributed by atoms with Crippen LogP contribution in [-0.4, -0.2) is 55.4 Å². The maximum atomic E-state index is 13.4. The Morgan fingerprint density at radius 3 is 2.48 bits per heavy atom. The Morgan fingerprint density at radius 1 is 1.04 bits per heavy atom. The Balaban J connectivity index is 1.42. The second-order valence-corrected chi connectivity index (χ2v) is 8.38. The zero-order valence-corrected chi connectivity index (χ0v) is 16.3. The molecule has 2 atom stereocenters. The molecule has 1 aliphatic carbocycles. The van der Waals surface area contributed by atoms with Gasteiger partial charge >= 0.3 is 0 Å². The van der Waals surface area contributed by atoms with E-state index in [2.05, 4.69) is 15.1 Å². The van der Waals surface area contributed by atoms with Crippen molar-refractivity contribution in [3.63, 3.8) is 0 Å². The number of rotatable bonds is 4. The van der Waals surface area contributed by atoms with Gasteiger partial charge < -0.3 is 15.1 Å². The second kappa shape index (κ2) is 8.01. The van der Waals surface area contributed by atoms with Crippen LogP contribution in [0.3, 0.4) is 0 Å². The molecule has 3 aliphatic rings. The summed E-state index contributed by atoms with van der Waals surface area (Å²) in [6, 6.07) is 8.19. The van der Waals surface area contributed by atoms with Crippen LogP contribution in [0.25, 0.3) is 0 Å². The third-order valence-corrected chi connectivity index (χ3v) is 6.66. The summed E-state index contributed by atoms with van der Waals surface area (Å²) in [5.41, 5.74) is 1.86. The number of anilines is 1. The van der Waals surface area contributed by atoms with Crippen molar-refractivity contribution in [3.8, 4) is 0 Å². The number of carbonyl (C=O) groups is 2. The minimum atomic E-state index is 0.0906. The molecule has 4 rings (SSSR count). The largest absolute Gasteiger partial charge is 0.371 e. The van der Waals surface area contributed by atoms with Gasteiger partial charge in [-0.05, 0) is 69.3 Å². The highest BCUT2D eigenvalue weighted by molar-refractivity contribution is 5.94. The Hall–Kier alpha value is -1.88.